The second kappa shape index (κ2) is 2.34. The number of hydrogen-bond donors (Lipinski definition) is 0. The first-order chi connectivity index (χ1) is 5.73. The lowest BCUT2D eigenvalue weighted by atomic mass is 10.00. The Balaban J connectivity index is 2.39. The summed E-state index contributed by atoms with van der Waals surface area (Å²) in [5, 5.41) is 4.33. The van der Waals surface area contributed by atoms with Crippen LogP contribution in [0.4, 0.5) is 5.69 Å². The van der Waals surface area contributed by atoms with E-state index in [-0.39, 0.29) is 0 Å². The molecule has 0 aliphatic carbocycles. The molecule has 1 unspecified atom stereocenters. The summed E-state index contributed by atoms with van der Waals surface area (Å²) < 4.78 is 0. The fraction of sp³-hybridized carbons (Fsp3) is 0.300. The molecular formula is C10H10NO. The molecule has 0 spiro atoms. The summed E-state index contributed by atoms with van der Waals surface area (Å²) >= 11 is 0. The van der Waals surface area contributed by atoms with Crippen LogP contribution in [-0.4, -0.2) is 11.8 Å². The third-order valence-electron chi connectivity index (χ3n) is 2.17. The number of fused-ring (bicyclic) bond motifs is 1. The molecule has 1 atom stereocenters. The average molecular weight is 160 g/mol. The number of benzene rings is 1. The maximum Gasteiger partial charge on any atom is 0.147 e. The predicted molar refractivity (Wildman–Crippen MR) is 46.4 cm³/mol. The highest BCUT2D eigenvalue weighted by Gasteiger charge is 2.33. The summed E-state index contributed by atoms with van der Waals surface area (Å²) in [5.74, 6) is 0. The van der Waals surface area contributed by atoms with Gasteiger partial charge in [-0.25, -0.2) is 0 Å². The van der Waals surface area contributed by atoms with Crippen molar-refractivity contribution in [3.8, 4) is 0 Å². The van der Waals surface area contributed by atoms with Gasteiger partial charge in [0.05, 0.1) is 5.69 Å². The van der Waals surface area contributed by atoms with Crippen LogP contribution in [0.1, 0.15) is 12.5 Å². The maximum absolute atomic E-state index is 10.7. The lowest BCUT2D eigenvalue weighted by molar-refractivity contribution is -0.112. The number of carbonyl (C=O) groups is 1. The van der Waals surface area contributed by atoms with Gasteiger partial charge in [0.2, 0.25) is 0 Å². The Morgan fingerprint density at radius 1 is 1.50 bits per heavy atom. The number of para-hydroxylation sites is 1. The molecule has 1 aliphatic heterocycles. The molecule has 1 heterocycles. The third kappa shape index (κ3) is 0.998. The molecule has 0 bridgehead atoms. The molecule has 2 rings (SSSR count). The molecule has 0 saturated heterocycles. The molecule has 1 aromatic carbocycles. The normalized spacial score (nSPS) is 26.1. The SMILES string of the molecule is CC1(C=O)Cc2ccccc2[N]1. The van der Waals surface area contributed by atoms with Gasteiger partial charge < -0.3 is 4.79 Å². The maximum atomic E-state index is 10.7. The zero-order valence-corrected chi connectivity index (χ0v) is 6.95. The lowest BCUT2D eigenvalue weighted by Crippen LogP contribution is -2.32. The van der Waals surface area contributed by atoms with Crippen molar-refractivity contribution in [2.24, 2.45) is 0 Å². The molecule has 2 heteroatoms. The summed E-state index contributed by atoms with van der Waals surface area (Å²) in [7, 11) is 0. The van der Waals surface area contributed by atoms with Gasteiger partial charge in [-0.2, -0.15) is 0 Å². The van der Waals surface area contributed by atoms with Gasteiger partial charge in [-0.1, -0.05) is 18.2 Å². The smallest absolute Gasteiger partial charge is 0.147 e. The molecule has 1 radical (unpaired) electrons. The van der Waals surface area contributed by atoms with Gasteiger partial charge in [-0.15, -0.1) is 0 Å². The van der Waals surface area contributed by atoms with Crippen LogP contribution in [0.15, 0.2) is 24.3 Å². The lowest BCUT2D eigenvalue weighted by Gasteiger charge is -2.12. The van der Waals surface area contributed by atoms with E-state index in [4.69, 9.17) is 0 Å². The monoisotopic (exact) mass is 160 g/mol. The van der Waals surface area contributed by atoms with Crippen LogP contribution in [0.25, 0.3) is 0 Å². The van der Waals surface area contributed by atoms with Gasteiger partial charge in [0.1, 0.15) is 11.8 Å². The molecule has 61 valence electrons. The van der Waals surface area contributed by atoms with Crippen molar-refractivity contribution >= 4 is 12.0 Å². The minimum Gasteiger partial charge on any atom is -0.301 e. The van der Waals surface area contributed by atoms with Gasteiger partial charge in [-0.3, -0.25) is 5.32 Å². The number of carbonyl (C=O) groups excluding carboxylic acids is 1. The Hall–Kier alpha value is -1.31. The van der Waals surface area contributed by atoms with Gasteiger partial charge in [0, 0.05) is 6.42 Å². The first kappa shape index (κ1) is 7.35. The third-order valence-corrected chi connectivity index (χ3v) is 2.17. The Kier molecular flexibility index (Phi) is 1.43. The molecular weight excluding hydrogens is 150 g/mol. The van der Waals surface area contributed by atoms with Crippen molar-refractivity contribution in [1.29, 1.82) is 0 Å². The van der Waals surface area contributed by atoms with Crippen LogP contribution < -0.4 is 5.32 Å². The molecule has 1 aromatic rings. The highest BCUT2D eigenvalue weighted by molar-refractivity contribution is 5.70. The predicted octanol–water partition coefficient (Wildman–Crippen LogP) is 1.44. The summed E-state index contributed by atoms with van der Waals surface area (Å²) in [5.41, 5.74) is 1.63. The topological polar surface area (TPSA) is 31.2 Å². The fourth-order valence-corrected chi connectivity index (χ4v) is 1.54. The summed E-state index contributed by atoms with van der Waals surface area (Å²) in [6, 6.07) is 7.89. The Morgan fingerprint density at radius 3 is 2.92 bits per heavy atom. The van der Waals surface area contributed by atoms with E-state index in [1.54, 1.807) is 0 Å². The van der Waals surface area contributed by atoms with E-state index >= 15 is 0 Å². The minimum absolute atomic E-state index is 0.510. The second-order valence-corrected chi connectivity index (χ2v) is 3.39. The minimum atomic E-state index is -0.510. The van der Waals surface area contributed by atoms with Crippen LogP contribution in [-0.2, 0) is 11.2 Å². The highest BCUT2D eigenvalue weighted by atomic mass is 16.1. The first-order valence-electron chi connectivity index (χ1n) is 4.01. The van der Waals surface area contributed by atoms with Crippen molar-refractivity contribution in [1.82, 2.24) is 5.32 Å². The van der Waals surface area contributed by atoms with E-state index in [9.17, 15) is 4.79 Å². The van der Waals surface area contributed by atoms with Crippen molar-refractivity contribution < 1.29 is 4.79 Å². The molecule has 0 amide bonds. The van der Waals surface area contributed by atoms with Crippen molar-refractivity contribution in [2.75, 3.05) is 0 Å². The Labute approximate surface area is 71.6 Å². The van der Waals surface area contributed by atoms with E-state index in [1.807, 2.05) is 31.2 Å². The van der Waals surface area contributed by atoms with E-state index in [0.29, 0.717) is 0 Å². The standard InChI is InChI=1S/C10H10NO/c1-10(7-12)6-8-4-2-3-5-9(8)11-10/h2-5,7H,6H2,1H3. The second-order valence-electron chi connectivity index (χ2n) is 3.39. The van der Waals surface area contributed by atoms with Gasteiger partial charge >= 0.3 is 0 Å². The zero-order chi connectivity index (χ0) is 8.60. The van der Waals surface area contributed by atoms with Gasteiger partial charge in [-0.05, 0) is 18.6 Å². The Bertz CT molecular complexity index is 294. The van der Waals surface area contributed by atoms with Crippen LogP contribution in [0.2, 0.25) is 0 Å². The number of nitrogens with zero attached hydrogens (tertiary/aromatic N) is 1. The van der Waals surface area contributed by atoms with Crippen LogP contribution in [0.3, 0.4) is 0 Å². The molecule has 12 heavy (non-hydrogen) atoms. The fourth-order valence-electron chi connectivity index (χ4n) is 1.54. The summed E-state index contributed by atoms with van der Waals surface area (Å²) in [4.78, 5) is 10.7. The largest absolute Gasteiger partial charge is 0.301 e. The zero-order valence-electron chi connectivity index (χ0n) is 6.95. The highest BCUT2D eigenvalue weighted by Crippen LogP contribution is 2.30. The number of hydrogen-bond acceptors (Lipinski definition) is 1. The van der Waals surface area contributed by atoms with Crippen molar-refractivity contribution in [3.05, 3.63) is 29.8 Å². The van der Waals surface area contributed by atoms with Crippen LogP contribution in [0, 0.1) is 0 Å². The first-order valence-corrected chi connectivity index (χ1v) is 4.01. The van der Waals surface area contributed by atoms with E-state index in [1.165, 1.54) is 5.56 Å². The van der Waals surface area contributed by atoms with Crippen LogP contribution >= 0.6 is 0 Å². The summed E-state index contributed by atoms with van der Waals surface area (Å²) in [6.45, 7) is 1.86. The molecule has 0 fully saturated rings. The molecule has 0 saturated carbocycles. The van der Waals surface area contributed by atoms with E-state index in [2.05, 4.69) is 5.32 Å². The van der Waals surface area contributed by atoms with E-state index < -0.39 is 5.54 Å². The molecule has 0 N–H and O–H groups in total. The number of aldehydes is 1. The van der Waals surface area contributed by atoms with Crippen molar-refractivity contribution in [2.45, 2.75) is 18.9 Å². The van der Waals surface area contributed by atoms with Crippen LogP contribution in [0.5, 0.6) is 0 Å². The quantitative estimate of drug-likeness (QED) is 0.572. The average Bonchev–Trinajstić information content (AvgIpc) is 2.42. The summed E-state index contributed by atoms with van der Waals surface area (Å²) in [6.07, 6.45) is 1.67. The molecule has 2 nitrogen and oxygen atoms in total. The molecule has 1 aliphatic rings. The van der Waals surface area contributed by atoms with E-state index in [0.717, 1.165) is 18.4 Å². The van der Waals surface area contributed by atoms with Gasteiger partial charge in [0.15, 0.2) is 0 Å². The van der Waals surface area contributed by atoms with Gasteiger partial charge in [0.25, 0.3) is 0 Å². The van der Waals surface area contributed by atoms with Crippen molar-refractivity contribution in [3.63, 3.8) is 0 Å². The molecule has 0 aromatic heterocycles. The number of rotatable bonds is 1. The Morgan fingerprint density at radius 2 is 2.25 bits per heavy atom.